The summed E-state index contributed by atoms with van der Waals surface area (Å²) in [6, 6.07) is 17.6. The smallest absolute Gasteiger partial charge is 0.271 e. The number of halogens is 1. The van der Waals surface area contributed by atoms with E-state index in [0.717, 1.165) is 11.1 Å². The molecule has 0 saturated carbocycles. The summed E-state index contributed by atoms with van der Waals surface area (Å²) in [4.78, 5) is 20.9. The number of carbonyl (C=O) groups excluding carboxylic acids is 1. The number of carbonyl (C=O) groups is 1. The van der Waals surface area contributed by atoms with Gasteiger partial charge >= 0.3 is 0 Å². The second-order valence-electron chi connectivity index (χ2n) is 6.45. The third-order valence-corrected chi connectivity index (χ3v) is 5.27. The Labute approximate surface area is 177 Å². The highest BCUT2D eigenvalue weighted by Gasteiger charge is 2.15. The van der Waals surface area contributed by atoms with Gasteiger partial charge in [0.1, 0.15) is 28.9 Å². The number of para-hydroxylation sites is 1. The van der Waals surface area contributed by atoms with Crippen LogP contribution in [0.15, 0.2) is 78.4 Å². The van der Waals surface area contributed by atoms with Crippen molar-refractivity contribution in [2.75, 3.05) is 0 Å². The van der Waals surface area contributed by atoms with Crippen molar-refractivity contribution < 1.29 is 13.9 Å². The number of rotatable bonds is 7. The molecule has 0 atom stereocenters. The lowest BCUT2D eigenvalue weighted by Gasteiger charge is -2.10. The number of benzene rings is 2. The fraction of sp³-hybridized carbons (Fsp3) is 0.0870. The summed E-state index contributed by atoms with van der Waals surface area (Å²) in [6.45, 7) is 0.505. The molecule has 0 aliphatic rings. The maximum absolute atomic E-state index is 13.9. The fourth-order valence-corrected chi connectivity index (χ4v) is 3.65. The van der Waals surface area contributed by atoms with Crippen molar-refractivity contribution in [3.8, 4) is 16.3 Å². The molecule has 150 valence electrons. The van der Waals surface area contributed by atoms with Gasteiger partial charge in [0.25, 0.3) is 5.91 Å². The van der Waals surface area contributed by atoms with Crippen molar-refractivity contribution in [2.45, 2.75) is 13.2 Å². The Bertz CT molecular complexity index is 1150. The number of aromatic nitrogens is 2. The van der Waals surface area contributed by atoms with Gasteiger partial charge in [-0.05, 0) is 35.9 Å². The van der Waals surface area contributed by atoms with E-state index in [0.29, 0.717) is 28.6 Å². The molecule has 0 spiro atoms. The van der Waals surface area contributed by atoms with Gasteiger partial charge in [-0.3, -0.25) is 9.78 Å². The average Bonchev–Trinajstić information content (AvgIpc) is 3.28. The van der Waals surface area contributed by atoms with Crippen molar-refractivity contribution in [1.82, 2.24) is 15.3 Å². The predicted octanol–water partition coefficient (Wildman–Crippen LogP) is 4.85. The zero-order chi connectivity index (χ0) is 20.8. The molecular formula is C23H18FN3O2S. The zero-order valence-electron chi connectivity index (χ0n) is 15.9. The molecule has 0 unspecified atom stereocenters. The second kappa shape index (κ2) is 9.28. The molecule has 7 heteroatoms. The summed E-state index contributed by atoms with van der Waals surface area (Å²) in [5.41, 5.74) is 2.53. The molecule has 1 N–H and O–H groups in total. The molecule has 1 amide bonds. The van der Waals surface area contributed by atoms with E-state index in [4.69, 9.17) is 4.74 Å². The third-order valence-electron chi connectivity index (χ3n) is 4.40. The topological polar surface area (TPSA) is 64.1 Å². The lowest BCUT2D eigenvalue weighted by Crippen LogP contribution is -2.23. The Balaban J connectivity index is 1.46. The molecule has 4 rings (SSSR count). The van der Waals surface area contributed by atoms with Crippen LogP contribution in [0, 0.1) is 5.82 Å². The molecule has 30 heavy (non-hydrogen) atoms. The first kappa shape index (κ1) is 19.7. The van der Waals surface area contributed by atoms with Crippen molar-refractivity contribution in [1.29, 1.82) is 0 Å². The summed E-state index contributed by atoms with van der Waals surface area (Å²) in [6.07, 6.45) is 3.36. The highest BCUT2D eigenvalue weighted by Crippen LogP contribution is 2.32. The van der Waals surface area contributed by atoms with Gasteiger partial charge in [-0.25, -0.2) is 9.37 Å². The lowest BCUT2D eigenvalue weighted by atomic mass is 10.2. The monoisotopic (exact) mass is 419 g/mol. The van der Waals surface area contributed by atoms with Gasteiger partial charge in [-0.2, -0.15) is 0 Å². The Morgan fingerprint density at radius 2 is 1.80 bits per heavy atom. The van der Waals surface area contributed by atoms with Crippen molar-refractivity contribution >= 4 is 17.2 Å². The number of thiazole rings is 1. The van der Waals surface area contributed by atoms with Gasteiger partial charge in [-0.15, -0.1) is 11.3 Å². The standard InChI is InChI=1S/C23H18FN3O2S/c24-19-7-3-1-5-17(19)14-29-21-8-4-2-6-18(21)23-27-20(15-30-23)22(28)26-13-16-9-11-25-12-10-16/h1-12,15H,13-14H2,(H,26,28). The minimum atomic E-state index is -0.308. The van der Waals surface area contributed by atoms with Gasteiger partial charge in [0, 0.05) is 29.9 Å². The number of amides is 1. The number of hydrogen-bond acceptors (Lipinski definition) is 5. The van der Waals surface area contributed by atoms with Crippen LogP contribution in [0.1, 0.15) is 21.6 Å². The first-order valence-electron chi connectivity index (χ1n) is 9.29. The van der Waals surface area contributed by atoms with Crippen LogP contribution < -0.4 is 10.1 Å². The Morgan fingerprint density at radius 1 is 1.03 bits per heavy atom. The summed E-state index contributed by atoms with van der Waals surface area (Å²) in [7, 11) is 0. The normalized spacial score (nSPS) is 10.6. The molecule has 2 heterocycles. The van der Waals surface area contributed by atoms with E-state index >= 15 is 0 Å². The molecule has 0 aliphatic heterocycles. The Kier molecular flexibility index (Phi) is 6.10. The van der Waals surface area contributed by atoms with Crippen LogP contribution in [0.25, 0.3) is 10.6 Å². The average molecular weight is 419 g/mol. The van der Waals surface area contributed by atoms with Crippen LogP contribution in [0.3, 0.4) is 0 Å². The Morgan fingerprint density at radius 3 is 2.63 bits per heavy atom. The number of nitrogens with zero attached hydrogens (tertiary/aromatic N) is 2. The maximum Gasteiger partial charge on any atom is 0.271 e. The van der Waals surface area contributed by atoms with E-state index < -0.39 is 0 Å². The van der Waals surface area contributed by atoms with Crippen LogP contribution in [0.4, 0.5) is 4.39 Å². The van der Waals surface area contributed by atoms with E-state index in [1.165, 1.54) is 17.4 Å². The lowest BCUT2D eigenvalue weighted by molar-refractivity contribution is 0.0946. The van der Waals surface area contributed by atoms with Crippen LogP contribution in [0.5, 0.6) is 5.75 Å². The number of ether oxygens (including phenoxy) is 1. The van der Waals surface area contributed by atoms with Crippen molar-refractivity contribution in [3.63, 3.8) is 0 Å². The van der Waals surface area contributed by atoms with Crippen LogP contribution in [-0.2, 0) is 13.2 Å². The number of hydrogen-bond donors (Lipinski definition) is 1. The van der Waals surface area contributed by atoms with E-state index in [1.807, 2.05) is 30.3 Å². The zero-order valence-corrected chi connectivity index (χ0v) is 16.7. The van der Waals surface area contributed by atoms with Gasteiger partial charge in [-0.1, -0.05) is 30.3 Å². The molecule has 0 aliphatic carbocycles. The van der Waals surface area contributed by atoms with E-state index in [9.17, 15) is 9.18 Å². The Hall–Kier alpha value is -3.58. The molecule has 0 saturated heterocycles. The van der Waals surface area contributed by atoms with Crippen LogP contribution >= 0.6 is 11.3 Å². The third kappa shape index (κ3) is 4.69. The minimum Gasteiger partial charge on any atom is -0.488 e. The second-order valence-corrected chi connectivity index (χ2v) is 7.31. The first-order chi connectivity index (χ1) is 14.7. The summed E-state index contributed by atoms with van der Waals surface area (Å²) in [5.74, 6) is 0.0234. The highest BCUT2D eigenvalue weighted by atomic mass is 32.1. The molecule has 0 bridgehead atoms. The molecule has 2 aromatic heterocycles. The molecule has 0 fully saturated rings. The number of pyridine rings is 1. The summed E-state index contributed by atoms with van der Waals surface area (Å²) < 4.78 is 19.7. The largest absolute Gasteiger partial charge is 0.488 e. The van der Waals surface area contributed by atoms with Gasteiger partial charge < -0.3 is 10.1 Å². The van der Waals surface area contributed by atoms with Gasteiger partial charge in [0.05, 0.1) is 5.56 Å². The van der Waals surface area contributed by atoms with Crippen LogP contribution in [0.2, 0.25) is 0 Å². The number of nitrogens with one attached hydrogen (secondary N) is 1. The molecule has 2 aromatic carbocycles. The first-order valence-corrected chi connectivity index (χ1v) is 10.2. The predicted molar refractivity (Wildman–Crippen MR) is 114 cm³/mol. The van der Waals surface area contributed by atoms with Gasteiger partial charge in [0.15, 0.2) is 0 Å². The molecule has 4 aromatic rings. The van der Waals surface area contributed by atoms with E-state index in [1.54, 1.807) is 42.0 Å². The minimum absolute atomic E-state index is 0.105. The summed E-state index contributed by atoms with van der Waals surface area (Å²) >= 11 is 1.36. The molecule has 5 nitrogen and oxygen atoms in total. The van der Waals surface area contributed by atoms with Crippen LogP contribution in [-0.4, -0.2) is 15.9 Å². The maximum atomic E-state index is 13.9. The SMILES string of the molecule is O=C(NCc1ccncc1)c1csc(-c2ccccc2OCc2ccccc2F)n1. The molecular weight excluding hydrogens is 401 g/mol. The fourth-order valence-electron chi connectivity index (χ4n) is 2.82. The van der Waals surface area contributed by atoms with E-state index in [-0.39, 0.29) is 18.3 Å². The van der Waals surface area contributed by atoms with Crippen molar-refractivity contribution in [2.24, 2.45) is 0 Å². The highest BCUT2D eigenvalue weighted by molar-refractivity contribution is 7.13. The van der Waals surface area contributed by atoms with E-state index in [2.05, 4.69) is 15.3 Å². The van der Waals surface area contributed by atoms with Gasteiger partial charge in [0.2, 0.25) is 0 Å². The van der Waals surface area contributed by atoms with Crippen molar-refractivity contribution in [3.05, 3.63) is 101 Å². The quantitative estimate of drug-likeness (QED) is 0.465. The molecule has 0 radical (unpaired) electrons. The summed E-state index contributed by atoms with van der Waals surface area (Å²) in [5, 5.41) is 5.23.